The van der Waals surface area contributed by atoms with Crippen LogP contribution in [0.25, 0.3) is 0 Å². The Morgan fingerprint density at radius 1 is 1.23 bits per heavy atom. The van der Waals surface area contributed by atoms with Crippen LogP contribution in [0.1, 0.15) is 17.0 Å². The first-order chi connectivity index (χ1) is 6.15. The number of carbonyl (C=O) groups is 1. The number of hydrogen-bond donors (Lipinski definition) is 0. The lowest BCUT2D eigenvalue weighted by atomic mass is 10.2. The van der Waals surface area contributed by atoms with Gasteiger partial charge in [0.2, 0.25) is 0 Å². The zero-order valence-electron chi connectivity index (χ0n) is 8.00. The van der Waals surface area contributed by atoms with E-state index in [0.29, 0.717) is 10.9 Å². The average molecular weight is 196 g/mol. The molecule has 1 heterocycles. The Kier molecular flexibility index (Phi) is 3.42. The molecule has 0 saturated carbocycles. The summed E-state index contributed by atoms with van der Waals surface area (Å²) in [6.45, 7) is 5.91. The molecule has 1 aromatic rings. The predicted molar refractivity (Wildman–Crippen MR) is 53.0 cm³/mol. The molecule has 0 bridgehead atoms. The van der Waals surface area contributed by atoms with Crippen molar-refractivity contribution < 1.29 is 4.79 Å². The molecule has 13 heavy (non-hydrogen) atoms. The van der Waals surface area contributed by atoms with Gasteiger partial charge in [-0.25, -0.2) is 9.97 Å². The van der Waals surface area contributed by atoms with Crippen LogP contribution in [0, 0.1) is 20.8 Å². The van der Waals surface area contributed by atoms with Crippen molar-refractivity contribution >= 4 is 18.0 Å². The number of aryl methyl sites for hydroxylation is 2. The van der Waals surface area contributed by atoms with Gasteiger partial charge in [-0.05, 0) is 26.3 Å². The van der Waals surface area contributed by atoms with E-state index in [4.69, 9.17) is 0 Å². The highest BCUT2D eigenvalue weighted by atomic mass is 32.2. The van der Waals surface area contributed by atoms with Gasteiger partial charge < -0.3 is 4.79 Å². The van der Waals surface area contributed by atoms with E-state index in [1.54, 1.807) is 0 Å². The minimum absolute atomic E-state index is 0.419. The number of carbonyl (C=O) groups excluding carboxylic acids is 1. The molecule has 0 aliphatic rings. The molecule has 0 atom stereocenters. The second-order valence-corrected chi connectivity index (χ2v) is 3.77. The maximum Gasteiger partial charge on any atom is 0.188 e. The summed E-state index contributed by atoms with van der Waals surface area (Å²) in [6, 6.07) is 0. The lowest BCUT2D eigenvalue weighted by molar-refractivity contribution is -0.105. The van der Waals surface area contributed by atoms with Crippen LogP contribution >= 0.6 is 11.8 Å². The SMILES string of the molecule is Cc1nc(SCC=O)nc(C)c1C. The molecule has 0 aliphatic heterocycles. The topological polar surface area (TPSA) is 42.9 Å². The van der Waals surface area contributed by atoms with Gasteiger partial charge in [-0.2, -0.15) is 0 Å². The molecule has 1 rings (SSSR count). The minimum Gasteiger partial charge on any atom is -0.302 e. The summed E-state index contributed by atoms with van der Waals surface area (Å²) in [6.07, 6.45) is 0.860. The number of aromatic nitrogens is 2. The van der Waals surface area contributed by atoms with Crippen molar-refractivity contribution in [2.75, 3.05) is 5.75 Å². The largest absolute Gasteiger partial charge is 0.302 e. The molecular weight excluding hydrogens is 184 g/mol. The standard InChI is InChI=1S/C9H12N2OS/c1-6-7(2)10-9(11-8(6)3)13-5-4-12/h4H,5H2,1-3H3. The van der Waals surface area contributed by atoms with Crippen molar-refractivity contribution in [3.05, 3.63) is 17.0 Å². The first-order valence-corrected chi connectivity index (χ1v) is 5.02. The highest BCUT2D eigenvalue weighted by Gasteiger charge is 2.03. The molecule has 0 N–H and O–H groups in total. The molecule has 0 amide bonds. The van der Waals surface area contributed by atoms with E-state index in [2.05, 4.69) is 9.97 Å². The summed E-state index contributed by atoms with van der Waals surface area (Å²) >= 11 is 1.37. The van der Waals surface area contributed by atoms with Gasteiger partial charge in [0.1, 0.15) is 6.29 Å². The summed E-state index contributed by atoms with van der Waals surface area (Å²) in [5, 5.41) is 0.688. The maximum absolute atomic E-state index is 10.1. The Morgan fingerprint density at radius 2 is 1.77 bits per heavy atom. The number of thioether (sulfide) groups is 1. The van der Waals surface area contributed by atoms with E-state index in [1.165, 1.54) is 11.8 Å². The Hall–Kier alpha value is -0.900. The summed E-state index contributed by atoms with van der Waals surface area (Å²) < 4.78 is 0. The number of rotatable bonds is 3. The van der Waals surface area contributed by atoms with E-state index >= 15 is 0 Å². The van der Waals surface area contributed by atoms with Crippen LogP contribution in [0.4, 0.5) is 0 Å². The van der Waals surface area contributed by atoms with Crippen LogP contribution in [-0.4, -0.2) is 22.0 Å². The normalized spacial score (nSPS) is 10.1. The smallest absolute Gasteiger partial charge is 0.188 e. The van der Waals surface area contributed by atoms with Gasteiger partial charge in [0.25, 0.3) is 0 Å². The highest BCUT2D eigenvalue weighted by Crippen LogP contribution is 2.15. The number of hydrogen-bond acceptors (Lipinski definition) is 4. The molecule has 0 unspecified atom stereocenters. The third-order valence-corrected chi connectivity index (χ3v) is 2.64. The second-order valence-electron chi connectivity index (χ2n) is 2.78. The molecule has 1 aromatic heterocycles. The Bertz CT molecular complexity index is 302. The molecule has 3 nitrogen and oxygen atoms in total. The van der Waals surface area contributed by atoms with Crippen LogP contribution in [0.2, 0.25) is 0 Å². The fourth-order valence-electron chi connectivity index (χ4n) is 0.915. The summed E-state index contributed by atoms with van der Waals surface area (Å²) in [4.78, 5) is 18.7. The third-order valence-electron chi connectivity index (χ3n) is 1.89. The molecule has 0 radical (unpaired) electrons. The third kappa shape index (κ3) is 2.52. The Morgan fingerprint density at radius 3 is 2.23 bits per heavy atom. The van der Waals surface area contributed by atoms with E-state index in [0.717, 1.165) is 23.2 Å². The van der Waals surface area contributed by atoms with Crippen molar-refractivity contribution in [2.24, 2.45) is 0 Å². The fraction of sp³-hybridized carbons (Fsp3) is 0.444. The van der Waals surface area contributed by atoms with Crippen molar-refractivity contribution in [1.29, 1.82) is 0 Å². The molecule has 4 heteroatoms. The van der Waals surface area contributed by atoms with Gasteiger partial charge in [-0.3, -0.25) is 0 Å². The predicted octanol–water partition coefficient (Wildman–Crippen LogP) is 1.69. The van der Waals surface area contributed by atoms with Crippen molar-refractivity contribution in [3.8, 4) is 0 Å². The first-order valence-electron chi connectivity index (χ1n) is 4.03. The molecule has 0 fully saturated rings. The first kappa shape index (κ1) is 10.2. The molecule has 70 valence electrons. The summed E-state index contributed by atoms with van der Waals surface area (Å²) in [7, 11) is 0. The van der Waals surface area contributed by atoms with Crippen LogP contribution in [0.5, 0.6) is 0 Å². The van der Waals surface area contributed by atoms with E-state index in [1.807, 2.05) is 20.8 Å². The highest BCUT2D eigenvalue weighted by molar-refractivity contribution is 7.99. The van der Waals surface area contributed by atoms with Crippen LogP contribution in [0.15, 0.2) is 5.16 Å². The van der Waals surface area contributed by atoms with Gasteiger partial charge in [-0.1, -0.05) is 11.8 Å². The van der Waals surface area contributed by atoms with Gasteiger partial charge >= 0.3 is 0 Å². The van der Waals surface area contributed by atoms with Crippen LogP contribution in [0.3, 0.4) is 0 Å². The van der Waals surface area contributed by atoms with Crippen molar-refractivity contribution in [2.45, 2.75) is 25.9 Å². The zero-order chi connectivity index (χ0) is 9.84. The van der Waals surface area contributed by atoms with Gasteiger partial charge in [0.15, 0.2) is 5.16 Å². The van der Waals surface area contributed by atoms with Crippen LogP contribution < -0.4 is 0 Å². The van der Waals surface area contributed by atoms with E-state index in [9.17, 15) is 4.79 Å². The van der Waals surface area contributed by atoms with Crippen molar-refractivity contribution in [1.82, 2.24) is 9.97 Å². The monoisotopic (exact) mass is 196 g/mol. The number of aldehydes is 1. The van der Waals surface area contributed by atoms with Gasteiger partial charge in [0, 0.05) is 11.4 Å². The number of nitrogens with zero attached hydrogens (tertiary/aromatic N) is 2. The zero-order valence-corrected chi connectivity index (χ0v) is 8.81. The molecule has 0 aromatic carbocycles. The Balaban J connectivity index is 2.92. The molecule has 0 saturated heterocycles. The van der Waals surface area contributed by atoms with Crippen LogP contribution in [-0.2, 0) is 4.79 Å². The van der Waals surface area contributed by atoms with E-state index in [-0.39, 0.29) is 0 Å². The molecule has 0 aliphatic carbocycles. The maximum atomic E-state index is 10.1. The van der Waals surface area contributed by atoms with Crippen molar-refractivity contribution in [3.63, 3.8) is 0 Å². The average Bonchev–Trinajstić information content (AvgIpc) is 2.10. The molecule has 0 spiro atoms. The quantitative estimate of drug-likeness (QED) is 0.419. The van der Waals surface area contributed by atoms with E-state index < -0.39 is 0 Å². The lowest BCUT2D eigenvalue weighted by Crippen LogP contribution is -1.98. The van der Waals surface area contributed by atoms with Gasteiger partial charge in [0.05, 0.1) is 5.75 Å². The summed E-state index contributed by atoms with van der Waals surface area (Å²) in [5.74, 6) is 0.419. The lowest BCUT2D eigenvalue weighted by Gasteiger charge is -2.04. The second kappa shape index (κ2) is 4.37. The fourth-order valence-corrected chi connectivity index (χ4v) is 1.53. The minimum atomic E-state index is 0.419. The van der Waals surface area contributed by atoms with Gasteiger partial charge in [-0.15, -0.1) is 0 Å². The summed E-state index contributed by atoms with van der Waals surface area (Å²) in [5.41, 5.74) is 3.09. The molecular formula is C9H12N2OS. The Labute approximate surface area is 82.0 Å².